The van der Waals surface area contributed by atoms with E-state index in [0.29, 0.717) is 69.3 Å². The lowest BCUT2D eigenvalue weighted by atomic mass is 10.1. The average molecular weight is 949 g/mol. The number of rotatable bonds is 13. The molecule has 2 N–H and O–H groups in total. The molecule has 0 unspecified atom stereocenters. The van der Waals surface area contributed by atoms with Crippen LogP contribution < -0.4 is 0 Å². The molecule has 12 nitrogen and oxygen atoms in total. The summed E-state index contributed by atoms with van der Waals surface area (Å²) in [6, 6.07) is 11.6. The maximum atomic E-state index is 15.7. The van der Waals surface area contributed by atoms with E-state index < -0.39 is 31.9 Å². The molecule has 0 aliphatic carbocycles. The van der Waals surface area contributed by atoms with E-state index in [9.17, 15) is 25.9 Å². The summed E-state index contributed by atoms with van der Waals surface area (Å²) in [4.78, 5) is 0. The third-order valence-corrected chi connectivity index (χ3v) is 14.9. The summed E-state index contributed by atoms with van der Waals surface area (Å²) in [5, 5.41) is 9.97. The van der Waals surface area contributed by atoms with Gasteiger partial charge in [-0.2, -0.15) is 27.0 Å². The summed E-state index contributed by atoms with van der Waals surface area (Å²) in [5.74, 6) is -1.35. The Morgan fingerprint density at radius 2 is 1.05 bits per heavy atom. The minimum atomic E-state index is -4.53. The van der Waals surface area contributed by atoms with E-state index in [4.69, 9.17) is 55.2 Å². The topological polar surface area (TPSA) is 171 Å². The first-order chi connectivity index (χ1) is 27.5. The normalized spacial score (nSPS) is 13.4. The summed E-state index contributed by atoms with van der Waals surface area (Å²) in [6.45, 7) is 0. The van der Waals surface area contributed by atoms with Crippen LogP contribution in [0.15, 0.2) is 77.9 Å². The van der Waals surface area contributed by atoms with Gasteiger partial charge in [0.05, 0.1) is 21.4 Å². The van der Waals surface area contributed by atoms with Crippen molar-refractivity contribution in [3.05, 3.63) is 92.2 Å². The fraction of sp³-hybridized carbons (Fsp3) is 0.167. The maximum Gasteiger partial charge on any atom is 0.304 e. The van der Waals surface area contributed by atoms with E-state index in [1.807, 2.05) is 0 Å². The number of hydrogen-bond donors (Lipinski definition) is 2. The van der Waals surface area contributed by atoms with Crippen molar-refractivity contribution in [2.45, 2.75) is 46.9 Å². The third-order valence-electron chi connectivity index (χ3n) is 8.93. The zero-order valence-electron chi connectivity index (χ0n) is 29.0. The van der Waals surface area contributed by atoms with E-state index in [1.54, 1.807) is 24.3 Å². The highest BCUT2D eigenvalue weighted by atomic mass is 35.5. The van der Waals surface area contributed by atoms with Gasteiger partial charge >= 0.3 is 20.2 Å². The number of allylic oxidation sites excluding steroid dienone is 2. The molecule has 302 valence electrons. The second-order valence-corrected chi connectivity index (χ2v) is 19.9. The van der Waals surface area contributed by atoms with Gasteiger partial charge in [-0.25, -0.2) is 18.1 Å². The number of benzene rings is 2. The molecule has 6 heterocycles. The summed E-state index contributed by atoms with van der Waals surface area (Å²) in [6.07, 6.45) is 6.00. The summed E-state index contributed by atoms with van der Waals surface area (Å²) in [5.41, 5.74) is 1.32. The fourth-order valence-electron chi connectivity index (χ4n) is 6.32. The van der Waals surface area contributed by atoms with Crippen LogP contribution in [-0.4, -0.2) is 45.5 Å². The van der Waals surface area contributed by atoms with Crippen molar-refractivity contribution in [2.75, 3.05) is 0 Å². The molecule has 0 radical (unpaired) electrons. The fourth-order valence-corrected chi connectivity index (χ4v) is 10.8. The number of hydrogen-bond acceptors (Lipinski definition) is 10. The van der Waals surface area contributed by atoms with Crippen LogP contribution >= 0.6 is 69.1 Å². The Morgan fingerprint density at radius 3 is 1.41 bits per heavy atom. The summed E-state index contributed by atoms with van der Waals surface area (Å²) >= 11 is 26.6. The molecule has 2 aromatic carbocycles. The predicted octanol–water partition coefficient (Wildman–Crippen LogP) is 12.7. The molecule has 58 heavy (non-hydrogen) atoms. The molecule has 0 saturated heterocycles. The quantitative estimate of drug-likeness (QED) is 0.0837. The number of furan rings is 2. The first-order valence-corrected chi connectivity index (χ1v) is 23.0. The number of thiophene rings is 2. The number of unbranched alkanes of at least 4 members (excludes halogenated alkanes) is 5. The lowest BCUT2D eigenvalue weighted by molar-refractivity contribution is 0.483. The Kier molecular flexibility index (Phi) is 11.0. The third kappa shape index (κ3) is 7.71. The minimum Gasteiger partial charge on any atom is -0.451 e. The second kappa shape index (κ2) is 15.7. The number of fused-ring (bicyclic) bond motifs is 6. The molecule has 6 aromatic heterocycles. The van der Waals surface area contributed by atoms with Gasteiger partial charge in [0.25, 0.3) is 0 Å². The molecule has 22 heteroatoms. The van der Waals surface area contributed by atoms with Gasteiger partial charge in [0.15, 0.2) is 42.6 Å². The second-order valence-electron chi connectivity index (χ2n) is 12.8. The van der Waals surface area contributed by atoms with Crippen LogP contribution in [0.2, 0.25) is 20.1 Å². The van der Waals surface area contributed by atoms with Gasteiger partial charge in [0.2, 0.25) is 0 Å². The molecule has 0 amide bonds. The van der Waals surface area contributed by atoms with Gasteiger partial charge in [-0.05, 0) is 74.2 Å². The highest BCUT2D eigenvalue weighted by Gasteiger charge is 2.29. The molecule has 0 aliphatic rings. The van der Waals surface area contributed by atoms with E-state index >= 15 is 8.78 Å². The SMILES string of the molecule is O=S(=O)(O)c1cc2oc3c(/C(F)=C/CCCCCC/C=C(\F)c4nn(-c5ccc(Cl)cc5Cl)c5c4oc4cc(S(=O)(=O)O)sc45)nn(-c4ccc(Cl)cc4Cl)c3c2s1. The molecule has 0 atom stereocenters. The van der Waals surface area contributed by atoms with Crippen molar-refractivity contribution in [1.82, 2.24) is 19.6 Å². The number of aromatic nitrogens is 4. The molecule has 0 fully saturated rings. The average Bonchev–Trinajstić information content (AvgIpc) is 3.97. The Morgan fingerprint density at radius 1 is 0.655 bits per heavy atom. The van der Waals surface area contributed by atoms with Crippen LogP contribution in [0.5, 0.6) is 0 Å². The lowest BCUT2D eigenvalue weighted by Crippen LogP contribution is -1.98. The summed E-state index contributed by atoms with van der Waals surface area (Å²) in [7, 11) is -9.06. The maximum absolute atomic E-state index is 15.7. The van der Waals surface area contributed by atoms with E-state index in [-0.39, 0.29) is 63.2 Å². The van der Waals surface area contributed by atoms with E-state index in [2.05, 4.69) is 10.2 Å². The predicted molar refractivity (Wildman–Crippen MR) is 223 cm³/mol. The first-order valence-electron chi connectivity index (χ1n) is 17.0. The van der Waals surface area contributed by atoms with Crippen molar-refractivity contribution in [1.29, 1.82) is 0 Å². The molecule has 0 bridgehead atoms. The number of nitrogens with zero attached hydrogens (tertiary/aromatic N) is 4. The highest BCUT2D eigenvalue weighted by molar-refractivity contribution is 7.88. The number of halogens is 6. The Bertz CT molecular complexity index is 3020. The Labute approximate surface area is 354 Å². The van der Waals surface area contributed by atoms with Crippen LogP contribution in [0.25, 0.3) is 65.8 Å². The summed E-state index contributed by atoms with van der Waals surface area (Å²) < 4.78 is 112. The minimum absolute atomic E-state index is 0.0623. The Hall–Kier alpha value is -3.82. The molecule has 0 spiro atoms. The van der Waals surface area contributed by atoms with Crippen LogP contribution in [0, 0.1) is 0 Å². The van der Waals surface area contributed by atoms with Gasteiger partial charge in [0.1, 0.15) is 31.6 Å². The van der Waals surface area contributed by atoms with Gasteiger partial charge in [0, 0.05) is 22.2 Å². The highest BCUT2D eigenvalue weighted by Crippen LogP contribution is 2.44. The van der Waals surface area contributed by atoms with E-state index in [1.165, 1.54) is 33.6 Å². The molecule has 8 aromatic rings. The first kappa shape index (κ1) is 40.9. The standard InChI is InChI=1S/C36H24Cl4F2N4O8S4/c37-17-9-11-23(19(39)13-17)45-31-33(53-25-15-27(55-35(25)31)57(47,48)49)29(43-45)21(41)7-5-3-1-2-4-6-8-22(42)30-34-32(36-26(54-34)16-28(56-36)58(50,51)52)46(44-30)24-12-10-18(38)14-20(24)40/h7-16H,1-6H2,(H,47,48,49)(H,50,51,52)/b21-7-,22-8-. The van der Waals surface area contributed by atoms with Crippen LogP contribution in [0.1, 0.15) is 49.9 Å². The van der Waals surface area contributed by atoms with Crippen molar-refractivity contribution in [3.63, 3.8) is 0 Å². The van der Waals surface area contributed by atoms with Crippen LogP contribution in [0.3, 0.4) is 0 Å². The zero-order valence-corrected chi connectivity index (χ0v) is 35.3. The molecule has 0 aliphatic heterocycles. The van der Waals surface area contributed by atoms with E-state index in [0.717, 1.165) is 34.8 Å². The van der Waals surface area contributed by atoms with Crippen molar-refractivity contribution < 1.29 is 43.6 Å². The largest absolute Gasteiger partial charge is 0.451 e. The van der Waals surface area contributed by atoms with Gasteiger partial charge in [-0.15, -0.1) is 22.7 Å². The van der Waals surface area contributed by atoms with Crippen molar-refractivity contribution in [2.24, 2.45) is 0 Å². The Balaban J connectivity index is 0.960. The van der Waals surface area contributed by atoms with Crippen molar-refractivity contribution in [3.8, 4) is 11.4 Å². The lowest BCUT2D eigenvalue weighted by Gasteiger charge is -2.05. The van der Waals surface area contributed by atoms with Gasteiger partial charge in [-0.1, -0.05) is 59.2 Å². The smallest absolute Gasteiger partial charge is 0.304 e. The van der Waals surface area contributed by atoms with Crippen LogP contribution in [0.4, 0.5) is 8.78 Å². The van der Waals surface area contributed by atoms with Crippen LogP contribution in [-0.2, 0) is 20.2 Å². The van der Waals surface area contributed by atoms with Gasteiger partial charge < -0.3 is 8.83 Å². The molecular weight excluding hydrogens is 924 g/mol. The van der Waals surface area contributed by atoms with Gasteiger partial charge in [-0.3, -0.25) is 9.11 Å². The molecule has 8 rings (SSSR count). The molecular formula is C36H24Cl4F2N4O8S4. The monoisotopic (exact) mass is 946 g/mol. The zero-order chi connectivity index (χ0) is 41.3. The van der Waals surface area contributed by atoms with Crippen molar-refractivity contribution >= 4 is 144 Å². The molecule has 0 saturated carbocycles.